The number of allylic oxidation sites excluding steroid dienone is 1. The zero-order valence-electron chi connectivity index (χ0n) is 35.8. The van der Waals surface area contributed by atoms with Crippen LogP contribution >= 0.6 is 0 Å². The monoisotopic (exact) mass is 854 g/mol. The Labute approximate surface area is 352 Å². The van der Waals surface area contributed by atoms with Crippen LogP contribution < -0.4 is 0 Å². The smallest absolute Gasteiger partial charge is 0.187 e. The summed E-state index contributed by atoms with van der Waals surface area (Å²) in [5.41, 5.74) is 0.681. The highest BCUT2D eigenvalue weighted by Crippen LogP contribution is 2.71. The van der Waals surface area contributed by atoms with Crippen LogP contribution in [0.3, 0.4) is 0 Å². The lowest BCUT2D eigenvalue weighted by Gasteiger charge is -2.60. The van der Waals surface area contributed by atoms with E-state index in [4.69, 9.17) is 37.9 Å². The molecule has 26 atom stereocenters. The zero-order valence-corrected chi connectivity index (χ0v) is 35.8. The van der Waals surface area contributed by atoms with E-state index >= 15 is 0 Å². The van der Waals surface area contributed by atoms with Crippen molar-refractivity contribution in [3.8, 4) is 0 Å². The maximum Gasteiger partial charge on any atom is 0.187 e. The molecule has 5 heterocycles. The Kier molecular flexibility index (Phi) is 12.0. The van der Waals surface area contributed by atoms with Crippen LogP contribution in [0.25, 0.3) is 0 Å². The number of aliphatic hydroxyl groups excluding tert-OH is 8. The molecule has 0 radical (unpaired) electrons. The number of aliphatic hydroxyl groups is 8. The normalized spacial score (nSPS) is 59.2. The van der Waals surface area contributed by atoms with Crippen molar-refractivity contribution >= 4 is 0 Å². The molecule has 1 spiro atoms. The second kappa shape index (κ2) is 16.2. The molecule has 0 bridgehead atoms. The number of hydrogen-bond acceptors (Lipinski definition) is 16. The summed E-state index contributed by atoms with van der Waals surface area (Å²) in [5, 5.41) is 86.8. The second-order valence-electron chi connectivity index (χ2n) is 20.7. The molecule has 9 rings (SSSR count). The molecule has 8 fully saturated rings. The maximum atomic E-state index is 11.6. The van der Waals surface area contributed by atoms with E-state index in [9.17, 15) is 40.9 Å². The van der Waals surface area contributed by atoms with Crippen molar-refractivity contribution in [1.29, 1.82) is 0 Å². The van der Waals surface area contributed by atoms with Gasteiger partial charge in [0.1, 0.15) is 54.9 Å². The molecule has 5 saturated heterocycles. The highest BCUT2D eigenvalue weighted by atomic mass is 16.8. The van der Waals surface area contributed by atoms with Gasteiger partial charge in [0.15, 0.2) is 24.7 Å². The highest BCUT2D eigenvalue weighted by molar-refractivity contribution is 5.29. The highest BCUT2D eigenvalue weighted by Gasteiger charge is 2.69. The largest absolute Gasteiger partial charge is 0.393 e. The van der Waals surface area contributed by atoms with Crippen LogP contribution in [0.15, 0.2) is 11.6 Å². The van der Waals surface area contributed by atoms with Gasteiger partial charge >= 0.3 is 0 Å². The van der Waals surface area contributed by atoms with Gasteiger partial charge in [-0.1, -0.05) is 39.3 Å². The summed E-state index contributed by atoms with van der Waals surface area (Å²) >= 11 is 0. The van der Waals surface area contributed by atoms with Crippen molar-refractivity contribution in [2.45, 2.75) is 203 Å². The first-order chi connectivity index (χ1) is 28.4. The van der Waals surface area contributed by atoms with Crippen LogP contribution in [0.1, 0.15) is 92.9 Å². The lowest BCUT2D eigenvalue weighted by molar-refractivity contribution is -0.391. The molecule has 16 heteroatoms. The predicted octanol–water partition coefficient (Wildman–Crippen LogP) is 0.852. The molecule has 0 amide bonds. The Morgan fingerprint density at radius 1 is 0.683 bits per heavy atom. The van der Waals surface area contributed by atoms with Crippen LogP contribution in [0.4, 0.5) is 0 Å². The summed E-state index contributed by atoms with van der Waals surface area (Å²) in [6.07, 6.45) is -12.0. The van der Waals surface area contributed by atoms with Gasteiger partial charge in [-0.05, 0) is 87.4 Å². The van der Waals surface area contributed by atoms with Gasteiger partial charge in [0.25, 0.3) is 0 Å². The maximum absolute atomic E-state index is 11.6. The fourth-order valence-corrected chi connectivity index (χ4v) is 13.8. The van der Waals surface area contributed by atoms with E-state index in [0.717, 1.165) is 50.7 Å². The van der Waals surface area contributed by atoms with Crippen LogP contribution in [0.5, 0.6) is 0 Å². The van der Waals surface area contributed by atoms with Gasteiger partial charge in [0, 0.05) is 24.2 Å². The third-order valence-electron chi connectivity index (χ3n) is 17.3. The Morgan fingerprint density at radius 2 is 1.38 bits per heavy atom. The van der Waals surface area contributed by atoms with E-state index < -0.39 is 109 Å². The Hall–Kier alpha value is -0.900. The molecule has 60 heavy (non-hydrogen) atoms. The Bertz CT molecular complexity index is 1580. The SMILES string of the molecule is C[C@@H]1CC[C@@]2(OC1)O[C@@H]1C[C@@H]3[C@H]4CC=C5C[C@@H](O)C[C@H](O[C@@H]6O[C@@H](C)[C@@H](O)[C@H](O[C@H]7OC[C@H](O)[C@H](O)[C@@H]7O)[C@@H]6O[C@H]6O[C@H](C)[C@H](O)[C@H](O)[C@H]6O)[C@]5(C)[C@H]4CC[C@@]3(C)[C@H]1[C@H]2C. The first-order valence-corrected chi connectivity index (χ1v) is 22.7. The first kappa shape index (κ1) is 44.3. The number of rotatable bonds is 6. The quantitative estimate of drug-likeness (QED) is 0.173. The summed E-state index contributed by atoms with van der Waals surface area (Å²) in [4.78, 5) is 0. The van der Waals surface area contributed by atoms with E-state index in [0.29, 0.717) is 30.1 Å². The average Bonchev–Trinajstić information content (AvgIpc) is 3.66. The lowest BCUT2D eigenvalue weighted by atomic mass is 9.46. The summed E-state index contributed by atoms with van der Waals surface area (Å²) < 4.78 is 51.1. The lowest BCUT2D eigenvalue weighted by Crippen LogP contribution is -2.66. The summed E-state index contributed by atoms with van der Waals surface area (Å²) in [5.74, 6) is 1.67. The standard InChI is InChI=1S/C44H70O16/c1-18-9-12-44(54-16-18)19(2)30-28(60-44)15-26-24-8-7-22-13-23(45)14-29(43(22,6)25(24)10-11-42(26,30)5)57-41-38(59-40-36(52)34(50)31(47)20(3)55-40)37(32(48)21(4)56-41)58-39-35(51)33(49)27(46)17-53-39/h7,18-21,23-41,45-52H,8-17H2,1-6H3/t18-,19-,20-,21+,23-,24+,25+,26-,27+,28-,29+,30+,31+,32-,33+,34+,35+,36-,37+,38+,39-,40-,41+,42-,43+,44-/m1/s1. The molecule has 0 aromatic heterocycles. The predicted molar refractivity (Wildman–Crippen MR) is 208 cm³/mol. The van der Waals surface area contributed by atoms with Crippen LogP contribution in [0.2, 0.25) is 0 Å². The van der Waals surface area contributed by atoms with Crippen LogP contribution in [-0.4, -0.2) is 164 Å². The van der Waals surface area contributed by atoms with Crippen molar-refractivity contribution in [3.63, 3.8) is 0 Å². The molecule has 3 saturated carbocycles. The van der Waals surface area contributed by atoms with E-state index in [2.05, 4.69) is 33.8 Å². The Balaban J connectivity index is 1.01. The molecule has 0 unspecified atom stereocenters. The summed E-state index contributed by atoms with van der Waals surface area (Å²) in [6.45, 7) is 12.8. The van der Waals surface area contributed by atoms with E-state index in [1.807, 2.05) is 0 Å². The molecule has 5 aliphatic heterocycles. The number of hydrogen-bond donors (Lipinski definition) is 8. The second-order valence-corrected chi connectivity index (χ2v) is 20.7. The van der Waals surface area contributed by atoms with Crippen molar-refractivity contribution < 1.29 is 78.7 Å². The molecule has 16 nitrogen and oxygen atoms in total. The fraction of sp³-hybridized carbons (Fsp3) is 0.955. The van der Waals surface area contributed by atoms with Gasteiger partial charge in [-0.15, -0.1) is 0 Å². The van der Waals surface area contributed by atoms with Gasteiger partial charge in [-0.2, -0.15) is 0 Å². The fourth-order valence-electron chi connectivity index (χ4n) is 13.8. The first-order valence-electron chi connectivity index (χ1n) is 22.7. The van der Waals surface area contributed by atoms with Crippen molar-refractivity contribution in [3.05, 3.63) is 11.6 Å². The van der Waals surface area contributed by atoms with Gasteiger partial charge in [-0.3, -0.25) is 0 Å². The van der Waals surface area contributed by atoms with Gasteiger partial charge in [0.2, 0.25) is 0 Å². The topological polar surface area (TPSA) is 236 Å². The minimum atomic E-state index is -1.72. The van der Waals surface area contributed by atoms with E-state index in [-0.39, 0.29) is 36.4 Å². The van der Waals surface area contributed by atoms with E-state index in [1.54, 1.807) is 6.92 Å². The van der Waals surface area contributed by atoms with Crippen LogP contribution in [-0.2, 0) is 37.9 Å². The molecule has 0 aromatic rings. The van der Waals surface area contributed by atoms with E-state index in [1.165, 1.54) is 6.92 Å². The molecular weight excluding hydrogens is 784 g/mol. The van der Waals surface area contributed by atoms with Crippen molar-refractivity contribution in [2.75, 3.05) is 13.2 Å². The third kappa shape index (κ3) is 7.01. The molecule has 342 valence electrons. The van der Waals surface area contributed by atoms with Crippen LogP contribution in [0, 0.1) is 46.3 Å². The molecule has 4 aliphatic carbocycles. The summed E-state index contributed by atoms with van der Waals surface area (Å²) in [7, 11) is 0. The minimum absolute atomic E-state index is 0.0699. The average molecular weight is 855 g/mol. The third-order valence-corrected chi connectivity index (χ3v) is 17.3. The van der Waals surface area contributed by atoms with Gasteiger partial charge in [0.05, 0.1) is 43.7 Å². The minimum Gasteiger partial charge on any atom is -0.393 e. The molecular formula is C44H70O16. The van der Waals surface area contributed by atoms with Gasteiger partial charge in [-0.25, -0.2) is 0 Å². The van der Waals surface area contributed by atoms with Crippen molar-refractivity contribution in [2.24, 2.45) is 46.3 Å². The molecule has 8 N–H and O–H groups in total. The molecule has 0 aromatic carbocycles. The molecule has 9 aliphatic rings. The summed E-state index contributed by atoms with van der Waals surface area (Å²) in [6, 6.07) is 0. The van der Waals surface area contributed by atoms with Crippen molar-refractivity contribution in [1.82, 2.24) is 0 Å². The number of fused-ring (bicyclic) bond motifs is 7. The number of ether oxygens (including phenoxy) is 8. The zero-order chi connectivity index (χ0) is 42.8. The Morgan fingerprint density at radius 3 is 2.12 bits per heavy atom. The van der Waals surface area contributed by atoms with Gasteiger partial charge < -0.3 is 78.7 Å².